The van der Waals surface area contributed by atoms with E-state index in [4.69, 9.17) is 0 Å². The molecule has 0 saturated heterocycles. The van der Waals surface area contributed by atoms with E-state index in [1.165, 1.54) is 0 Å². The van der Waals surface area contributed by atoms with Crippen molar-refractivity contribution >= 4 is 21.7 Å². The lowest BCUT2D eigenvalue weighted by Crippen LogP contribution is -2.16. The molecule has 0 aromatic carbocycles. The highest BCUT2D eigenvalue weighted by molar-refractivity contribution is 9.10. The second-order valence-electron chi connectivity index (χ2n) is 3.09. The number of nitrogens with zero attached hydrogens (tertiary/aromatic N) is 1. The second kappa shape index (κ2) is 4.68. The molecular weight excluding hydrogens is 254 g/mol. The van der Waals surface area contributed by atoms with Gasteiger partial charge in [0, 0.05) is 13.0 Å². The number of aromatic nitrogens is 1. The standard InChI is InChI=1S/C9H11BrF2N2/c1-9(11,12)5-6-13-8-4-2-3-7(10)14-8/h2-4H,5-6H2,1H3,(H,13,14). The van der Waals surface area contributed by atoms with Gasteiger partial charge in [-0.05, 0) is 35.0 Å². The van der Waals surface area contributed by atoms with Crippen LogP contribution in [0, 0.1) is 0 Å². The van der Waals surface area contributed by atoms with Gasteiger partial charge in [-0.15, -0.1) is 0 Å². The minimum absolute atomic E-state index is 0.193. The maximum Gasteiger partial charge on any atom is 0.247 e. The Hall–Kier alpha value is -0.710. The predicted octanol–water partition coefficient (Wildman–Crippen LogP) is 3.30. The topological polar surface area (TPSA) is 24.9 Å². The SMILES string of the molecule is CC(F)(F)CCNc1cccc(Br)n1. The van der Waals surface area contributed by atoms with E-state index < -0.39 is 5.92 Å². The summed E-state index contributed by atoms with van der Waals surface area (Å²) >= 11 is 3.19. The Morgan fingerprint density at radius 2 is 2.21 bits per heavy atom. The van der Waals surface area contributed by atoms with Crippen molar-refractivity contribution in [3.05, 3.63) is 22.8 Å². The number of nitrogens with one attached hydrogen (secondary N) is 1. The number of alkyl halides is 2. The first kappa shape index (κ1) is 11.4. The van der Waals surface area contributed by atoms with E-state index in [1.54, 1.807) is 18.2 Å². The fraction of sp³-hybridized carbons (Fsp3) is 0.444. The van der Waals surface area contributed by atoms with Crippen LogP contribution in [0.2, 0.25) is 0 Å². The summed E-state index contributed by atoms with van der Waals surface area (Å²) < 4.78 is 25.6. The predicted molar refractivity (Wildman–Crippen MR) is 55.7 cm³/mol. The average Bonchev–Trinajstić information content (AvgIpc) is 2.01. The van der Waals surface area contributed by atoms with E-state index in [-0.39, 0.29) is 13.0 Å². The highest BCUT2D eigenvalue weighted by Gasteiger charge is 2.19. The molecule has 1 aromatic rings. The van der Waals surface area contributed by atoms with Crippen LogP contribution in [0.1, 0.15) is 13.3 Å². The number of anilines is 1. The van der Waals surface area contributed by atoms with Gasteiger partial charge in [-0.2, -0.15) is 0 Å². The number of hydrogen-bond acceptors (Lipinski definition) is 2. The van der Waals surface area contributed by atoms with E-state index in [0.717, 1.165) is 6.92 Å². The molecule has 14 heavy (non-hydrogen) atoms. The van der Waals surface area contributed by atoms with Crippen molar-refractivity contribution in [2.24, 2.45) is 0 Å². The molecule has 0 radical (unpaired) electrons. The molecule has 5 heteroatoms. The molecule has 0 unspecified atom stereocenters. The highest BCUT2D eigenvalue weighted by atomic mass is 79.9. The first-order valence-electron chi connectivity index (χ1n) is 4.22. The van der Waals surface area contributed by atoms with E-state index >= 15 is 0 Å². The zero-order chi connectivity index (χ0) is 10.6. The monoisotopic (exact) mass is 264 g/mol. The summed E-state index contributed by atoms with van der Waals surface area (Å²) in [5.74, 6) is -2.03. The Kier molecular flexibility index (Phi) is 3.80. The Balaban J connectivity index is 2.39. The molecule has 78 valence electrons. The maximum absolute atomic E-state index is 12.4. The third kappa shape index (κ3) is 4.50. The smallest absolute Gasteiger partial charge is 0.247 e. The van der Waals surface area contributed by atoms with E-state index in [2.05, 4.69) is 26.2 Å². The Morgan fingerprint density at radius 3 is 2.79 bits per heavy atom. The summed E-state index contributed by atoms with van der Waals surface area (Å²) in [7, 11) is 0. The van der Waals surface area contributed by atoms with Crippen molar-refractivity contribution in [1.29, 1.82) is 0 Å². The zero-order valence-corrected chi connectivity index (χ0v) is 9.31. The molecule has 0 spiro atoms. The van der Waals surface area contributed by atoms with Crippen molar-refractivity contribution in [3.8, 4) is 0 Å². The van der Waals surface area contributed by atoms with Gasteiger partial charge in [0.25, 0.3) is 0 Å². The van der Waals surface area contributed by atoms with Crippen LogP contribution in [0.4, 0.5) is 14.6 Å². The first-order valence-corrected chi connectivity index (χ1v) is 5.01. The minimum Gasteiger partial charge on any atom is -0.370 e. The largest absolute Gasteiger partial charge is 0.370 e. The van der Waals surface area contributed by atoms with Crippen LogP contribution in [0.15, 0.2) is 22.8 Å². The Morgan fingerprint density at radius 1 is 1.50 bits per heavy atom. The molecule has 0 fully saturated rings. The Labute approximate surface area is 89.9 Å². The van der Waals surface area contributed by atoms with Crippen molar-refractivity contribution < 1.29 is 8.78 Å². The molecule has 0 atom stereocenters. The lowest BCUT2D eigenvalue weighted by molar-refractivity contribution is 0.0167. The molecule has 1 heterocycles. The second-order valence-corrected chi connectivity index (χ2v) is 3.91. The van der Waals surface area contributed by atoms with Gasteiger partial charge in [-0.1, -0.05) is 6.07 Å². The van der Waals surface area contributed by atoms with Crippen LogP contribution in [0.5, 0.6) is 0 Å². The van der Waals surface area contributed by atoms with Crippen molar-refractivity contribution in [2.75, 3.05) is 11.9 Å². The zero-order valence-electron chi connectivity index (χ0n) is 7.73. The van der Waals surface area contributed by atoms with Crippen molar-refractivity contribution in [1.82, 2.24) is 4.98 Å². The van der Waals surface area contributed by atoms with Crippen LogP contribution in [-0.2, 0) is 0 Å². The van der Waals surface area contributed by atoms with Crippen LogP contribution in [0.3, 0.4) is 0 Å². The molecule has 1 rings (SSSR count). The van der Waals surface area contributed by atoms with Gasteiger partial charge >= 0.3 is 0 Å². The molecule has 1 N–H and O–H groups in total. The van der Waals surface area contributed by atoms with E-state index in [9.17, 15) is 8.78 Å². The van der Waals surface area contributed by atoms with Gasteiger partial charge in [0.1, 0.15) is 10.4 Å². The minimum atomic E-state index is -2.63. The maximum atomic E-state index is 12.4. The molecule has 0 saturated carbocycles. The fourth-order valence-electron chi connectivity index (χ4n) is 0.917. The summed E-state index contributed by atoms with van der Waals surface area (Å²) in [5.41, 5.74) is 0. The van der Waals surface area contributed by atoms with Crippen LogP contribution in [-0.4, -0.2) is 17.5 Å². The van der Waals surface area contributed by atoms with Gasteiger partial charge in [0.2, 0.25) is 5.92 Å². The van der Waals surface area contributed by atoms with Crippen LogP contribution >= 0.6 is 15.9 Å². The third-order valence-electron chi connectivity index (χ3n) is 1.59. The highest BCUT2D eigenvalue weighted by Crippen LogP contribution is 2.17. The summed E-state index contributed by atoms with van der Waals surface area (Å²) in [6, 6.07) is 5.31. The normalized spacial score (nSPS) is 11.4. The fourth-order valence-corrected chi connectivity index (χ4v) is 1.26. The lowest BCUT2D eigenvalue weighted by atomic mass is 10.3. The quantitative estimate of drug-likeness (QED) is 0.845. The van der Waals surface area contributed by atoms with Crippen LogP contribution in [0.25, 0.3) is 0 Å². The van der Waals surface area contributed by atoms with Crippen LogP contribution < -0.4 is 5.32 Å². The Bertz CT molecular complexity index is 299. The molecular formula is C9H11BrF2N2. The molecule has 0 aliphatic heterocycles. The molecule has 0 amide bonds. The lowest BCUT2D eigenvalue weighted by Gasteiger charge is -2.10. The third-order valence-corrected chi connectivity index (χ3v) is 2.03. The van der Waals surface area contributed by atoms with E-state index in [1.807, 2.05) is 0 Å². The van der Waals surface area contributed by atoms with Gasteiger partial charge < -0.3 is 5.32 Å². The van der Waals surface area contributed by atoms with Gasteiger partial charge in [-0.3, -0.25) is 0 Å². The van der Waals surface area contributed by atoms with E-state index in [0.29, 0.717) is 10.4 Å². The van der Waals surface area contributed by atoms with Crippen molar-refractivity contribution in [2.45, 2.75) is 19.3 Å². The molecule has 0 aliphatic carbocycles. The molecule has 0 bridgehead atoms. The molecule has 2 nitrogen and oxygen atoms in total. The summed E-state index contributed by atoms with van der Waals surface area (Å²) in [6.07, 6.45) is -0.193. The number of pyridine rings is 1. The average molecular weight is 265 g/mol. The van der Waals surface area contributed by atoms with Gasteiger partial charge in [0.15, 0.2) is 0 Å². The number of rotatable bonds is 4. The van der Waals surface area contributed by atoms with Crippen molar-refractivity contribution in [3.63, 3.8) is 0 Å². The van der Waals surface area contributed by atoms with Gasteiger partial charge in [-0.25, -0.2) is 13.8 Å². The first-order chi connectivity index (χ1) is 6.47. The molecule has 0 aliphatic rings. The number of halogens is 3. The van der Waals surface area contributed by atoms with Gasteiger partial charge in [0.05, 0.1) is 0 Å². The summed E-state index contributed by atoms with van der Waals surface area (Å²) in [4.78, 5) is 4.05. The molecule has 1 aromatic heterocycles. The summed E-state index contributed by atoms with van der Waals surface area (Å²) in [6.45, 7) is 1.12. The summed E-state index contributed by atoms with van der Waals surface area (Å²) in [5, 5.41) is 2.82. The number of hydrogen-bond donors (Lipinski definition) is 1.